The largest absolute Gasteiger partial charge is 0.375 e. The number of nitrogens with one attached hydrogen (secondary N) is 1. The zero-order chi connectivity index (χ0) is 11.5. The number of aromatic nitrogens is 1. The molecule has 0 aliphatic rings. The van der Waals surface area contributed by atoms with Crippen LogP contribution in [-0.4, -0.2) is 4.98 Å². The van der Waals surface area contributed by atoms with E-state index in [0.717, 1.165) is 11.1 Å². The monoisotopic (exact) mass is 304 g/mol. The molecule has 2 nitrogen and oxygen atoms in total. The normalized spacial score (nSPS) is 10.4. The maximum Gasteiger partial charge on any atom is 0.150 e. The number of benzene rings is 1. The number of nitrogens with zero attached hydrogens (tertiary/aromatic N) is 1. The Labute approximate surface area is 103 Å². The minimum Gasteiger partial charge on any atom is -0.375 e. The molecule has 1 aromatic heterocycles. The molecule has 0 fully saturated rings. The standard InChI is InChI=1S/C10H7BrF2N2S/c11-7-3-6(12)4-8(13)10(7)15-5-9-14-1-2-16-9/h1-4,15H,5H2. The SMILES string of the molecule is Fc1cc(F)c(NCc2nccs2)c(Br)c1. The predicted molar refractivity (Wildman–Crippen MR) is 63.5 cm³/mol. The van der Waals surface area contributed by atoms with Crippen LogP contribution in [-0.2, 0) is 6.54 Å². The smallest absolute Gasteiger partial charge is 0.150 e. The molecule has 0 aliphatic carbocycles. The van der Waals surface area contributed by atoms with Gasteiger partial charge >= 0.3 is 0 Å². The molecule has 0 radical (unpaired) electrons. The lowest BCUT2D eigenvalue weighted by Gasteiger charge is -2.08. The third-order valence-corrected chi connectivity index (χ3v) is 3.31. The van der Waals surface area contributed by atoms with Crippen LogP contribution in [0.5, 0.6) is 0 Å². The second-order valence-electron chi connectivity index (χ2n) is 3.02. The molecule has 1 heterocycles. The lowest BCUT2D eigenvalue weighted by molar-refractivity contribution is 0.583. The van der Waals surface area contributed by atoms with Gasteiger partial charge in [-0.05, 0) is 22.0 Å². The number of thiazole rings is 1. The first-order chi connectivity index (χ1) is 7.66. The number of rotatable bonds is 3. The van der Waals surface area contributed by atoms with Crippen LogP contribution in [0.1, 0.15) is 5.01 Å². The van der Waals surface area contributed by atoms with E-state index in [4.69, 9.17) is 0 Å². The Morgan fingerprint density at radius 3 is 2.81 bits per heavy atom. The van der Waals surface area contributed by atoms with E-state index < -0.39 is 11.6 Å². The first-order valence-electron chi connectivity index (χ1n) is 4.43. The average molecular weight is 305 g/mol. The zero-order valence-electron chi connectivity index (χ0n) is 8.01. The van der Waals surface area contributed by atoms with Crippen molar-refractivity contribution in [2.24, 2.45) is 0 Å². The summed E-state index contributed by atoms with van der Waals surface area (Å²) in [6.07, 6.45) is 1.68. The molecule has 6 heteroatoms. The van der Waals surface area contributed by atoms with Gasteiger partial charge in [0, 0.05) is 22.1 Å². The molecule has 0 atom stereocenters. The minimum absolute atomic E-state index is 0.247. The van der Waals surface area contributed by atoms with E-state index in [9.17, 15) is 8.78 Å². The van der Waals surface area contributed by atoms with Crippen LogP contribution in [0.25, 0.3) is 0 Å². The molecule has 2 rings (SSSR count). The van der Waals surface area contributed by atoms with E-state index in [1.807, 2.05) is 5.38 Å². The quantitative estimate of drug-likeness (QED) is 0.933. The fourth-order valence-electron chi connectivity index (χ4n) is 1.22. The van der Waals surface area contributed by atoms with E-state index in [-0.39, 0.29) is 5.69 Å². The lowest BCUT2D eigenvalue weighted by atomic mass is 10.3. The van der Waals surface area contributed by atoms with Gasteiger partial charge in [-0.25, -0.2) is 13.8 Å². The van der Waals surface area contributed by atoms with Gasteiger partial charge in [-0.3, -0.25) is 0 Å². The van der Waals surface area contributed by atoms with Crippen molar-refractivity contribution in [2.75, 3.05) is 5.32 Å². The van der Waals surface area contributed by atoms with Gasteiger partial charge in [-0.15, -0.1) is 11.3 Å². The molecular weight excluding hydrogens is 298 g/mol. The van der Waals surface area contributed by atoms with Crippen LogP contribution in [0.15, 0.2) is 28.2 Å². The average Bonchev–Trinajstić information content (AvgIpc) is 2.68. The van der Waals surface area contributed by atoms with Crippen LogP contribution in [0.3, 0.4) is 0 Å². The van der Waals surface area contributed by atoms with Gasteiger partial charge < -0.3 is 5.32 Å². The van der Waals surface area contributed by atoms with Crippen molar-refractivity contribution in [3.8, 4) is 0 Å². The summed E-state index contributed by atoms with van der Waals surface area (Å²) in [4.78, 5) is 4.05. The van der Waals surface area contributed by atoms with Crippen LogP contribution in [0.2, 0.25) is 0 Å². The molecule has 1 N–H and O–H groups in total. The molecule has 0 saturated heterocycles. The molecule has 0 amide bonds. The van der Waals surface area contributed by atoms with Crippen molar-refractivity contribution in [2.45, 2.75) is 6.54 Å². The van der Waals surface area contributed by atoms with Crippen LogP contribution >= 0.6 is 27.3 Å². The summed E-state index contributed by atoms with van der Waals surface area (Å²) in [5, 5.41) is 5.55. The molecule has 0 saturated carbocycles. The maximum atomic E-state index is 13.4. The van der Waals surface area contributed by atoms with Crippen molar-refractivity contribution >= 4 is 33.0 Å². The van der Waals surface area contributed by atoms with Gasteiger partial charge in [0.2, 0.25) is 0 Å². The molecule has 1 aromatic carbocycles. The Bertz CT molecular complexity index is 465. The van der Waals surface area contributed by atoms with Crippen LogP contribution in [0, 0.1) is 11.6 Å². The predicted octanol–water partition coefficient (Wildman–Crippen LogP) is 3.80. The number of halogens is 3. The van der Waals surface area contributed by atoms with Crippen LogP contribution in [0.4, 0.5) is 14.5 Å². The Morgan fingerprint density at radius 2 is 2.19 bits per heavy atom. The maximum absolute atomic E-state index is 13.4. The van der Waals surface area contributed by atoms with Crippen molar-refractivity contribution in [1.82, 2.24) is 4.98 Å². The highest BCUT2D eigenvalue weighted by Crippen LogP contribution is 2.27. The van der Waals surface area contributed by atoms with E-state index in [1.165, 1.54) is 17.4 Å². The third kappa shape index (κ3) is 2.56. The Hall–Kier alpha value is -1.01. The number of hydrogen-bond donors (Lipinski definition) is 1. The van der Waals surface area contributed by atoms with Gasteiger partial charge in [-0.2, -0.15) is 0 Å². The molecule has 0 bridgehead atoms. The van der Waals surface area contributed by atoms with Gasteiger partial charge in [0.15, 0.2) is 0 Å². The molecule has 0 aliphatic heterocycles. The number of hydrogen-bond acceptors (Lipinski definition) is 3. The lowest BCUT2D eigenvalue weighted by Crippen LogP contribution is -2.02. The summed E-state index contributed by atoms with van der Waals surface area (Å²) >= 11 is 4.57. The Morgan fingerprint density at radius 1 is 1.38 bits per heavy atom. The fraction of sp³-hybridized carbons (Fsp3) is 0.100. The topological polar surface area (TPSA) is 24.9 Å². The number of anilines is 1. The fourth-order valence-corrected chi connectivity index (χ4v) is 2.32. The summed E-state index contributed by atoms with van der Waals surface area (Å²) < 4.78 is 26.6. The third-order valence-electron chi connectivity index (χ3n) is 1.91. The van der Waals surface area contributed by atoms with Gasteiger partial charge in [-0.1, -0.05) is 0 Å². The first kappa shape index (κ1) is 11.5. The molecule has 84 valence electrons. The van der Waals surface area contributed by atoms with E-state index in [1.54, 1.807) is 6.20 Å². The van der Waals surface area contributed by atoms with Crippen LogP contribution < -0.4 is 5.32 Å². The van der Waals surface area contributed by atoms with Gasteiger partial charge in [0.25, 0.3) is 0 Å². The van der Waals surface area contributed by atoms with Gasteiger partial charge in [0.1, 0.15) is 16.6 Å². The minimum atomic E-state index is -0.622. The van der Waals surface area contributed by atoms with E-state index >= 15 is 0 Å². The van der Waals surface area contributed by atoms with Crippen molar-refractivity contribution in [3.05, 3.63) is 44.8 Å². The molecular formula is C10H7BrF2N2S. The van der Waals surface area contributed by atoms with Gasteiger partial charge in [0.05, 0.1) is 12.2 Å². The molecule has 16 heavy (non-hydrogen) atoms. The Balaban J connectivity index is 2.15. The van der Waals surface area contributed by atoms with Crippen molar-refractivity contribution in [1.29, 1.82) is 0 Å². The summed E-state index contributed by atoms with van der Waals surface area (Å²) in [7, 11) is 0. The molecule has 2 aromatic rings. The molecule has 0 unspecified atom stereocenters. The van der Waals surface area contributed by atoms with Crippen molar-refractivity contribution < 1.29 is 8.78 Å². The summed E-state index contributed by atoms with van der Waals surface area (Å²) in [5.74, 6) is -1.23. The van der Waals surface area contributed by atoms with Crippen molar-refractivity contribution in [3.63, 3.8) is 0 Å². The summed E-state index contributed by atoms with van der Waals surface area (Å²) in [5.41, 5.74) is 0.247. The second kappa shape index (κ2) is 4.88. The molecule has 0 spiro atoms. The van der Waals surface area contributed by atoms with E-state index in [2.05, 4.69) is 26.2 Å². The first-order valence-corrected chi connectivity index (χ1v) is 6.11. The highest BCUT2D eigenvalue weighted by molar-refractivity contribution is 9.10. The van der Waals surface area contributed by atoms with E-state index in [0.29, 0.717) is 11.0 Å². The Kier molecular flexibility index (Phi) is 3.50. The summed E-state index contributed by atoms with van der Waals surface area (Å²) in [6.45, 7) is 0.415. The second-order valence-corrected chi connectivity index (χ2v) is 4.86. The summed E-state index contributed by atoms with van der Waals surface area (Å²) in [6, 6.07) is 2.06. The highest BCUT2D eigenvalue weighted by Gasteiger charge is 2.09. The zero-order valence-corrected chi connectivity index (χ0v) is 10.4. The highest BCUT2D eigenvalue weighted by atomic mass is 79.9.